The monoisotopic (exact) mass is 318 g/mol. The van der Waals surface area contributed by atoms with E-state index in [1.54, 1.807) is 6.08 Å². The van der Waals surface area contributed by atoms with Gasteiger partial charge in [-0.15, -0.1) is 6.58 Å². The van der Waals surface area contributed by atoms with Crippen molar-refractivity contribution in [3.8, 4) is 0 Å². The van der Waals surface area contributed by atoms with Crippen molar-refractivity contribution in [3.63, 3.8) is 0 Å². The second-order valence-corrected chi connectivity index (χ2v) is 4.96. The van der Waals surface area contributed by atoms with Crippen LogP contribution in [-0.2, 0) is 0 Å². The zero-order chi connectivity index (χ0) is 13.7. The Morgan fingerprint density at radius 1 is 1.26 bits per heavy atom. The predicted octanol–water partition coefficient (Wildman–Crippen LogP) is 3.89. The fourth-order valence-corrected chi connectivity index (χ4v) is 2.08. The first kappa shape index (κ1) is 13.5. The van der Waals surface area contributed by atoms with Gasteiger partial charge in [-0.05, 0) is 30.7 Å². The average Bonchev–Trinajstić information content (AvgIpc) is 2.40. The van der Waals surface area contributed by atoms with E-state index in [1.807, 2.05) is 25.1 Å². The number of anilines is 3. The van der Waals surface area contributed by atoms with Crippen LogP contribution < -0.4 is 10.6 Å². The van der Waals surface area contributed by atoms with Crippen molar-refractivity contribution in [2.24, 2.45) is 0 Å². The Morgan fingerprint density at radius 3 is 2.79 bits per heavy atom. The van der Waals surface area contributed by atoms with Crippen molar-refractivity contribution in [2.75, 3.05) is 17.2 Å². The second kappa shape index (κ2) is 6.33. The maximum Gasteiger partial charge on any atom is 0.135 e. The van der Waals surface area contributed by atoms with E-state index in [1.165, 1.54) is 6.33 Å². The summed E-state index contributed by atoms with van der Waals surface area (Å²) < 4.78 is 1.06. The molecule has 2 N–H and O–H groups in total. The Labute approximate surface area is 121 Å². The van der Waals surface area contributed by atoms with Crippen molar-refractivity contribution in [1.29, 1.82) is 0 Å². The quantitative estimate of drug-likeness (QED) is 0.821. The molecule has 0 atom stereocenters. The largest absolute Gasteiger partial charge is 0.366 e. The summed E-state index contributed by atoms with van der Waals surface area (Å²) in [6.07, 6.45) is 3.32. The van der Waals surface area contributed by atoms with Crippen LogP contribution in [0.2, 0.25) is 0 Å². The third kappa shape index (κ3) is 3.79. The fraction of sp³-hybridized carbons (Fsp3) is 0.143. The molecule has 1 aromatic carbocycles. The molecule has 98 valence electrons. The third-order valence-electron chi connectivity index (χ3n) is 2.55. The van der Waals surface area contributed by atoms with Crippen molar-refractivity contribution in [3.05, 3.63) is 53.3 Å². The molecule has 0 bridgehead atoms. The number of hydrogen-bond donors (Lipinski definition) is 2. The molecule has 0 saturated carbocycles. The van der Waals surface area contributed by atoms with Gasteiger partial charge in [-0.25, -0.2) is 9.97 Å². The van der Waals surface area contributed by atoms with E-state index in [4.69, 9.17) is 0 Å². The smallest absolute Gasteiger partial charge is 0.135 e. The summed E-state index contributed by atoms with van der Waals surface area (Å²) in [5, 5.41) is 6.41. The molecule has 0 saturated heterocycles. The number of nitrogens with zero attached hydrogens (tertiary/aromatic N) is 2. The van der Waals surface area contributed by atoms with Crippen LogP contribution in [0.5, 0.6) is 0 Å². The van der Waals surface area contributed by atoms with Gasteiger partial charge in [0.1, 0.15) is 18.0 Å². The Kier molecular flexibility index (Phi) is 4.52. The minimum atomic E-state index is 0.674. The van der Waals surface area contributed by atoms with E-state index in [0.29, 0.717) is 6.54 Å². The molecule has 19 heavy (non-hydrogen) atoms. The molecular formula is C14H15BrN4. The van der Waals surface area contributed by atoms with Crippen molar-refractivity contribution in [2.45, 2.75) is 6.92 Å². The van der Waals surface area contributed by atoms with Gasteiger partial charge in [-0.1, -0.05) is 22.0 Å². The van der Waals surface area contributed by atoms with Crippen molar-refractivity contribution < 1.29 is 0 Å². The molecule has 0 aliphatic carbocycles. The average molecular weight is 319 g/mol. The van der Waals surface area contributed by atoms with Crippen LogP contribution in [0.3, 0.4) is 0 Å². The van der Waals surface area contributed by atoms with Gasteiger partial charge in [-0.3, -0.25) is 0 Å². The molecule has 2 rings (SSSR count). The van der Waals surface area contributed by atoms with Gasteiger partial charge in [0.2, 0.25) is 0 Å². The summed E-state index contributed by atoms with van der Waals surface area (Å²) in [6, 6.07) is 7.93. The van der Waals surface area contributed by atoms with Crippen LogP contribution in [0.1, 0.15) is 5.56 Å². The van der Waals surface area contributed by atoms with Gasteiger partial charge in [0.05, 0.1) is 0 Å². The fourth-order valence-electron chi connectivity index (χ4n) is 1.60. The van der Waals surface area contributed by atoms with Crippen LogP contribution >= 0.6 is 15.9 Å². The zero-order valence-electron chi connectivity index (χ0n) is 10.7. The van der Waals surface area contributed by atoms with Crippen LogP contribution in [0.15, 0.2) is 47.7 Å². The predicted molar refractivity (Wildman–Crippen MR) is 82.9 cm³/mol. The number of hydrogen-bond acceptors (Lipinski definition) is 4. The lowest BCUT2D eigenvalue weighted by Gasteiger charge is -2.10. The molecule has 1 heterocycles. The van der Waals surface area contributed by atoms with Crippen molar-refractivity contribution in [1.82, 2.24) is 9.97 Å². The Hall–Kier alpha value is -1.88. The zero-order valence-corrected chi connectivity index (χ0v) is 12.2. The molecular weight excluding hydrogens is 304 g/mol. The molecule has 4 nitrogen and oxygen atoms in total. The minimum Gasteiger partial charge on any atom is -0.366 e. The van der Waals surface area contributed by atoms with Crippen LogP contribution in [-0.4, -0.2) is 16.5 Å². The van der Waals surface area contributed by atoms with Gasteiger partial charge in [0, 0.05) is 22.8 Å². The van der Waals surface area contributed by atoms with Gasteiger partial charge in [-0.2, -0.15) is 0 Å². The molecule has 5 heteroatoms. The SMILES string of the molecule is C=CCNc1cc(Nc2ccc(Br)cc2C)ncn1. The first-order valence-electron chi connectivity index (χ1n) is 5.89. The number of benzene rings is 1. The lowest BCUT2D eigenvalue weighted by molar-refractivity contribution is 1.14. The third-order valence-corrected chi connectivity index (χ3v) is 3.04. The van der Waals surface area contributed by atoms with Gasteiger partial charge in [0.25, 0.3) is 0 Å². The van der Waals surface area contributed by atoms with Gasteiger partial charge < -0.3 is 10.6 Å². The maximum absolute atomic E-state index is 4.21. The van der Waals surface area contributed by atoms with Gasteiger partial charge in [0.15, 0.2) is 0 Å². The molecule has 0 aliphatic rings. The minimum absolute atomic E-state index is 0.674. The first-order valence-corrected chi connectivity index (χ1v) is 6.68. The normalized spacial score (nSPS) is 10.0. The summed E-state index contributed by atoms with van der Waals surface area (Å²) in [6.45, 7) is 6.38. The number of aryl methyl sites for hydroxylation is 1. The van der Waals surface area contributed by atoms with Crippen molar-refractivity contribution >= 4 is 33.3 Å². The second-order valence-electron chi connectivity index (χ2n) is 4.04. The highest BCUT2D eigenvalue weighted by Crippen LogP contribution is 2.23. The summed E-state index contributed by atoms with van der Waals surface area (Å²) in [4.78, 5) is 8.34. The molecule has 2 aromatic rings. The summed E-state index contributed by atoms with van der Waals surface area (Å²) in [7, 11) is 0. The molecule has 0 unspecified atom stereocenters. The highest BCUT2D eigenvalue weighted by Gasteiger charge is 2.02. The summed E-state index contributed by atoms with van der Waals surface area (Å²) >= 11 is 3.45. The van der Waals surface area contributed by atoms with E-state index < -0.39 is 0 Å². The van der Waals surface area contributed by atoms with Crippen LogP contribution in [0.4, 0.5) is 17.3 Å². The number of nitrogens with one attached hydrogen (secondary N) is 2. The Morgan fingerprint density at radius 2 is 2.05 bits per heavy atom. The van der Waals surface area contributed by atoms with E-state index in [-0.39, 0.29) is 0 Å². The molecule has 0 radical (unpaired) electrons. The highest BCUT2D eigenvalue weighted by atomic mass is 79.9. The number of aromatic nitrogens is 2. The lowest BCUT2D eigenvalue weighted by atomic mass is 10.2. The Balaban J connectivity index is 2.16. The van der Waals surface area contributed by atoms with E-state index in [2.05, 4.69) is 49.2 Å². The Bertz CT molecular complexity index is 583. The molecule has 0 fully saturated rings. The molecule has 0 aliphatic heterocycles. The number of rotatable bonds is 5. The van der Waals surface area contributed by atoms with E-state index >= 15 is 0 Å². The first-order chi connectivity index (χ1) is 9.19. The summed E-state index contributed by atoms with van der Waals surface area (Å²) in [5.41, 5.74) is 2.17. The lowest BCUT2D eigenvalue weighted by Crippen LogP contribution is -2.02. The van der Waals surface area contributed by atoms with Gasteiger partial charge >= 0.3 is 0 Å². The van der Waals surface area contributed by atoms with E-state index in [0.717, 1.165) is 27.4 Å². The molecule has 1 aromatic heterocycles. The molecule has 0 spiro atoms. The maximum atomic E-state index is 4.21. The molecule has 0 amide bonds. The standard InChI is InChI=1S/C14H15BrN4/c1-3-6-16-13-8-14(18-9-17-13)19-12-5-4-11(15)7-10(12)2/h3-5,7-9H,1,6H2,2H3,(H2,16,17,18,19). The summed E-state index contributed by atoms with van der Waals surface area (Å²) in [5.74, 6) is 1.53. The van der Waals surface area contributed by atoms with Crippen LogP contribution in [0, 0.1) is 6.92 Å². The number of halogens is 1. The van der Waals surface area contributed by atoms with Crippen LogP contribution in [0.25, 0.3) is 0 Å². The van der Waals surface area contributed by atoms with E-state index in [9.17, 15) is 0 Å². The highest BCUT2D eigenvalue weighted by molar-refractivity contribution is 9.10. The topological polar surface area (TPSA) is 49.8 Å².